The predicted octanol–water partition coefficient (Wildman–Crippen LogP) is -0.744. The highest BCUT2D eigenvalue weighted by Gasteiger charge is 2.26. The number of nitrogens with one attached hydrogen (secondary N) is 2. The molecule has 0 aromatic rings. The second-order valence-electron chi connectivity index (χ2n) is 3.08. The van der Waals surface area contributed by atoms with Crippen molar-refractivity contribution in [3.8, 4) is 0 Å². The standard InChI is InChI=1S/C8H14N4O/c1-6(13)12-4-7(5-12)11-3-2-8(9)10/h2-3,7,11H,4-5H2,1H3,(H3,9,10)/b3-2-. The lowest BCUT2D eigenvalue weighted by atomic mass is 10.1. The van der Waals surface area contributed by atoms with Gasteiger partial charge in [0.25, 0.3) is 0 Å². The highest BCUT2D eigenvalue weighted by Crippen LogP contribution is 2.06. The summed E-state index contributed by atoms with van der Waals surface area (Å²) in [5.41, 5.74) is 5.11. The highest BCUT2D eigenvalue weighted by atomic mass is 16.2. The van der Waals surface area contributed by atoms with Gasteiger partial charge in [-0.25, -0.2) is 0 Å². The number of carbonyl (C=O) groups excluding carboxylic acids is 1. The van der Waals surface area contributed by atoms with Gasteiger partial charge in [-0.1, -0.05) is 0 Å². The lowest BCUT2D eigenvalue weighted by Crippen LogP contribution is -2.58. The minimum atomic E-state index is 0.0234. The summed E-state index contributed by atoms with van der Waals surface area (Å²) in [6.45, 7) is 3.02. The summed E-state index contributed by atoms with van der Waals surface area (Å²) in [5, 5.41) is 9.95. The van der Waals surface area contributed by atoms with Crippen LogP contribution in [0.25, 0.3) is 0 Å². The van der Waals surface area contributed by atoms with E-state index in [-0.39, 0.29) is 11.7 Å². The molecule has 1 aliphatic heterocycles. The minimum Gasteiger partial charge on any atom is -0.384 e. The summed E-state index contributed by atoms with van der Waals surface area (Å²) in [6, 6.07) is 0.305. The zero-order chi connectivity index (χ0) is 9.84. The van der Waals surface area contributed by atoms with Crippen molar-refractivity contribution in [2.75, 3.05) is 13.1 Å². The van der Waals surface area contributed by atoms with Crippen LogP contribution in [0.4, 0.5) is 0 Å². The maximum absolute atomic E-state index is 10.8. The van der Waals surface area contributed by atoms with E-state index in [1.165, 1.54) is 6.08 Å². The second-order valence-corrected chi connectivity index (χ2v) is 3.08. The van der Waals surface area contributed by atoms with E-state index >= 15 is 0 Å². The number of likely N-dealkylation sites (tertiary alicyclic amines) is 1. The molecule has 0 spiro atoms. The largest absolute Gasteiger partial charge is 0.384 e. The number of hydrogen-bond donors (Lipinski definition) is 3. The van der Waals surface area contributed by atoms with Crippen LogP contribution >= 0.6 is 0 Å². The normalized spacial score (nSPS) is 17.2. The van der Waals surface area contributed by atoms with Gasteiger partial charge >= 0.3 is 0 Å². The molecule has 0 saturated carbocycles. The molecule has 1 saturated heterocycles. The van der Waals surface area contributed by atoms with Crippen LogP contribution in [-0.2, 0) is 4.79 Å². The van der Waals surface area contributed by atoms with E-state index in [9.17, 15) is 4.79 Å². The van der Waals surface area contributed by atoms with Crippen LogP contribution in [0.15, 0.2) is 12.3 Å². The van der Waals surface area contributed by atoms with Gasteiger partial charge < -0.3 is 16.0 Å². The lowest BCUT2D eigenvalue weighted by Gasteiger charge is -2.38. The van der Waals surface area contributed by atoms with Crippen LogP contribution in [0.3, 0.4) is 0 Å². The molecule has 13 heavy (non-hydrogen) atoms. The van der Waals surface area contributed by atoms with Crippen molar-refractivity contribution in [2.24, 2.45) is 5.73 Å². The molecule has 0 unspecified atom stereocenters. The maximum atomic E-state index is 10.8. The molecule has 0 aromatic heterocycles. The van der Waals surface area contributed by atoms with E-state index in [2.05, 4.69) is 5.32 Å². The Balaban J connectivity index is 2.15. The summed E-state index contributed by atoms with van der Waals surface area (Å²) >= 11 is 0. The van der Waals surface area contributed by atoms with Gasteiger partial charge in [0.15, 0.2) is 0 Å². The van der Waals surface area contributed by atoms with E-state index in [0.29, 0.717) is 6.04 Å². The smallest absolute Gasteiger partial charge is 0.219 e. The van der Waals surface area contributed by atoms with Crippen molar-refractivity contribution in [1.29, 1.82) is 5.41 Å². The third-order valence-electron chi connectivity index (χ3n) is 1.92. The Hall–Kier alpha value is -1.52. The molecule has 1 rings (SSSR count). The average Bonchev–Trinajstić information content (AvgIpc) is 1.92. The third-order valence-corrected chi connectivity index (χ3v) is 1.92. The molecular formula is C8H14N4O. The molecule has 1 amide bonds. The molecule has 0 radical (unpaired) electrons. The topological polar surface area (TPSA) is 82.2 Å². The Labute approximate surface area is 77.1 Å². The van der Waals surface area contributed by atoms with Gasteiger partial charge in [-0.3, -0.25) is 10.2 Å². The molecule has 1 heterocycles. The molecule has 1 aliphatic rings. The molecule has 5 heteroatoms. The van der Waals surface area contributed by atoms with E-state index in [1.54, 1.807) is 18.0 Å². The molecule has 0 aliphatic carbocycles. The van der Waals surface area contributed by atoms with Crippen molar-refractivity contribution in [2.45, 2.75) is 13.0 Å². The Morgan fingerprint density at radius 2 is 2.31 bits per heavy atom. The summed E-state index contributed by atoms with van der Waals surface area (Å²) in [7, 11) is 0. The Bertz CT molecular complexity index is 243. The highest BCUT2D eigenvalue weighted by molar-refractivity contribution is 5.88. The van der Waals surface area contributed by atoms with Gasteiger partial charge in [0.05, 0.1) is 6.04 Å². The number of nitrogens with zero attached hydrogens (tertiary/aromatic N) is 1. The Morgan fingerprint density at radius 1 is 1.69 bits per heavy atom. The molecule has 72 valence electrons. The fraction of sp³-hybridized carbons (Fsp3) is 0.500. The van der Waals surface area contributed by atoms with Crippen LogP contribution in [0.2, 0.25) is 0 Å². The summed E-state index contributed by atoms with van der Waals surface area (Å²) in [4.78, 5) is 12.5. The SMILES string of the molecule is CC(=O)N1CC(N/C=C\C(=N)N)C1. The maximum Gasteiger partial charge on any atom is 0.219 e. The van der Waals surface area contributed by atoms with Crippen LogP contribution in [0.1, 0.15) is 6.92 Å². The number of rotatable bonds is 3. The lowest BCUT2D eigenvalue weighted by molar-refractivity contribution is -0.133. The van der Waals surface area contributed by atoms with Crippen LogP contribution in [0, 0.1) is 5.41 Å². The molecule has 5 nitrogen and oxygen atoms in total. The van der Waals surface area contributed by atoms with E-state index in [4.69, 9.17) is 11.1 Å². The first-order valence-corrected chi connectivity index (χ1v) is 4.11. The molecule has 4 N–H and O–H groups in total. The molecule has 0 aromatic carbocycles. The predicted molar refractivity (Wildman–Crippen MR) is 50.2 cm³/mol. The molecule has 0 atom stereocenters. The monoisotopic (exact) mass is 182 g/mol. The van der Waals surface area contributed by atoms with Crippen molar-refractivity contribution in [3.63, 3.8) is 0 Å². The first-order valence-electron chi connectivity index (χ1n) is 4.11. The van der Waals surface area contributed by atoms with Crippen LogP contribution in [0.5, 0.6) is 0 Å². The zero-order valence-electron chi connectivity index (χ0n) is 7.58. The first-order chi connectivity index (χ1) is 6.09. The second kappa shape index (κ2) is 3.93. The van der Waals surface area contributed by atoms with Crippen molar-refractivity contribution < 1.29 is 4.79 Å². The first kappa shape index (κ1) is 9.57. The van der Waals surface area contributed by atoms with E-state index in [0.717, 1.165) is 13.1 Å². The van der Waals surface area contributed by atoms with E-state index < -0.39 is 0 Å². The van der Waals surface area contributed by atoms with Gasteiger partial charge in [-0.15, -0.1) is 0 Å². The van der Waals surface area contributed by atoms with Gasteiger partial charge in [0, 0.05) is 26.2 Å². The quantitative estimate of drug-likeness (QED) is 0.397. The Kier molecular flexibility index (Phi) is 2.89. The number of carbonyl (C=O) groups is 1. The van der Waals surface area contributed by atoms with Gasteiger partial charge in [0.2, 0.25) is 5.91 Å². The van der Waals surface area contributed by atoms with E-state index in [1.807, 2.05) is 0 Å². The summed E-state index contributed by atoms with van der Waals surface area (Å²) in [5.74, 6) is 0.129. The fourth-order valence-corrected chi connectivity index (χ4v) is 1.12. The van der Waals surface area contributed by atoms with Crippen molar-refractivity contribution >= 4 is 11.7 Å². The van der Waals surface area contributed by atoms with Crippen LogP contribution < -0.4 is 11.1 Å². The fourth-order valence-electron chi connectivity index (χ4n) is 1.12. The molecule has 1 fully saturated rings. The minimum absolute atomic E-state index is 0.0234. The third kappa shape index (κ3) is 2.77. The summed E-state index contributed by atoms with van der Waals surface area (Å²) in [6.07, 6.45) is 3.13. The molecule has 0 bridgehead atoms. The van der Waals surface area contributed by atoms with Gasteiger partial charge in [-0.05, 0) is 6.08 Å². The van der Waals surface area contributed by atoms with Gasteiger partial charge in [-0.2, -0.15) is 0 Å². The van der Waals surface area contributed by atoms with Crippen molar-refractivity contribution in [3.05, 3.63) is 12.3 Å². The number of nitrogens with two attached hydrogens (primary N) is 1. The Morgan fingerprint density at radius 3 is 2.77 bits per heavy atom. The number of hydrogen-bond acceptors (Lipinski definition) is 3. The number of amidine groups is 1. The number of amides is 1. The van der Waals surface area contributed by atoms with Crippen LogP contribution in [-0.4, -0.2) is 35.8 Å². The van der Waals surface area contributed by atoms with Crippen molar-refractivity contribution in [1.82, 2.24) is 10.2 Å². The average molecular weight is 182 g/mol. The zero-order valence-corrected chi connectivity index (χ0v) is 7.58. The molecular weight excluding hydrogens is 168 g/mol. The summed E-state index contributed by atoms with van der Waals surface area (Å²) < 4.78 is 0. The van der Waals surface area contributed by atoms with Gasteiger partial charge in [0.1, 0.15) is 5.84 Å².